The number of benzene rings is 2. The van der Waals surface area contributed by atoms with Gasteiger partial charge in [0, 0.05) is 24.9 Å². The number of nitrogens with zero attached hydrogens (tertiary/aromatic N) is 1. The first-order chi connectivity index (χ1) is 15.1. The number of esters is 1. The van der Waals surface area contributed by atoms with Gasteiger partial charge < -0.3 is 19.5 Å². The number of anilines is 1. The second-order valence-electron chi connectivity index (χ2n) is 6.78. The number of carbonyl (C=O) groups excluding carboxylic acids is 1. The van der Waals surface area contributed by atoms with Crippen molar-refractivity contribution in [2.24, 2.45) is 0 Å². The first kappa shape index (κ1) is 22.1. The number of hydrogen-bond donors (Lipinski definition) is 1. The van der Waals surface area contributed by atoms with Gasteiger partial charge in [-0.2, -0.15) is 0 Å². The lowest BCUT2D eigenvalue weighted by atomic mass is 9.99. The van der Waals surface area contributed by atoms with Gasteiger partial charge in [0.2, 0.25) is 0 Å². The summed E-state index contributed by atoms with van der Waals surface area (Å²) in [6.07, 6.45) is 5.24. The SMILES string of the molecule is CNc1cnccc1C(=O)OC.COc1cc(F)ccc1-c1ccc2c(c1)OCCC2. The minimum absolute atomic E-state index is 0.296. The number of aromatic nitrogens is 1. The fraction of sp³-hybridized carbons (Fsp3) is 0.250. The number of aryl methyl sites for hydroxylation is 1. The summed E-state index contributed by atoms with van der Waals surface area (Å²) < 4.78 is 28.7. The van der Waals surface area contributed by atoms with Crippen LogP contribution >= 0.6 is 0 Å². The molecule has 6 nitrogen and oxygen atoms in total. The van der Waals surface area contributed by atoms with Crippen LogP contribution in [0.2, 0.25) is 0 Å². The van der Waals surface area contributed by atoms with Crippen LogP contribution in [0, 0.1) is 5.82 Å². The summed E-state index contributed by atoms with van der Waals surface area (Å²) in [7, 11) is 4.62. The van der Waals surface area contributed by atoms with Crippen molar-refractivity contribution >= 4 is 11.7 Å². The van der Waals surface area contributed by atoms with Crippen LogP contribution in [0.25, 0.3) is 11.1 Å². The molecule has 0 atom stereocenters. The summed E-state index contributed by atoms with van der Waals surface area (Å²) in [5.41, 5.74) is 4.26. The molecule has 7 heteroatoms. The van der Waals surface area contributed by atoms with Gasteiger partial charge in [-0.15, -0.1) is 0 Å². The number of ether oxygens (including phenoxy) is 3. The normalized spacial score (nSPS) is 11.9. The van der Waals surface area contributed by atoms with Crippen LogP contribution in [-0.2, 0) is 11.2 Å². The van der Waals surface area contributed by atoms with Crippen molar-refractivity contribution in [3.8, 4) is 22.6 Å². The van der Waals surface area contributed by atoms with E-state index < -0.39 is 0 Å². The van der Waals surface area contributed by atoms with Crippen LogP contribution in [0.5, 0.6) is 11.5 Å². The Balaban J connectivity index is 0.000000196. The molecule has 0 amide bonds. The van der Waals surface area contributed by atoms with E-state index in [-0.39, 0.29) is 11.8 Å². The standard InChI is InChI=1S/C16H15FO2.C8H10N2O2/c1-18-16-10-13(17)6-7-14(16)12-5-4-11-3-2-8-19-15(11)9-12;1-9-7-5-10-4-3-6(7)8(11)12-2/h4-7,9-10H,2-3,8H2,1H3;3-5,9H,1-2H3. The second-order valence-corrected chi connectivity index (χ2v) is 6.78. The summed E-state index contributed by atoms with van der Waals surface area (Å²) >= 11 is 0. The summed E-state index contributed by atoms with van der Waals surface area (Å²) in [5.74, 6) is 0.808. The maximum atomic E-state index is 13.2. The fourth-order valence-electron chi connectivity index (χ4n) is 3.29. The lowest BCUT2D eigenvalue weighted by molar-refractivity contribution is 0.0601. The molecule has 0 saturated heterocycles. The van der Waals surface area contributed by atoms with Gasteiger partial charge in [-0.05, 0) is 48.2 Å². The summed E-state index contributed by atoms with van der Waals surface area (Å²) in [5, 5.41) is 2.85. The molecule has 0 radical (unpaired) electrons. The van der Waals surface area contributed by atoms with E-state index in [2.05, 4.69) is 21.1 Å². The number of pyridine rings is 1. The van der Waals surface area contributed by atoms with E-state index in [4.69, 9.17) is 9.47 Å². The zero-order chi connectivity index (χ0) is 22.2. The lowest BCUT2D eigenvalue weighted by Gasteiger charge is -2.18. The zero-order valence-electron chi connectivity index (χ0n) is 17.8. The predicted molar refractivity (Wildman–Crippen MR) is 117 cm³/mol. The molecular formula is C24H25FN2O4. The molecule has 1 N–H and O–H groups in total. The molecule has 3 aromatic rings. The van der Waals surface area contributed by atoms with E-state index in [0.717, 1.165) is 36.3 Å². The van der Waals surface area contributed by atoms with Gasteiger partial charge >= 0.3 is 5.97 Å². The van der Waals surface area contributed by atoms with E-state index in [1.807, 2.05) is 12.1 Å². The van der Waals surface area contributed by atoms with Crippen LogP contribution in [0.3, 0.4) is 0 Å². The van der Waals surface area contributed by atoms with Gasteiger partial charge in [0.15, 0.2) is 0 Å². The highest BCUT2D eigenvalue weighted by atomic mass is 19.1. The molecule has 0 unspecified atom stereocenters. The second kappa shape index (κ2) is 10.4. The minimum atomic E-state index is -0.359. The number of fused-ring (bicyclic) bond motifs is 1. The molecule has 0 bridgehead atoms. The number of rotatable bonds is 4. The molecule has 4 rings (SSSR count). The zero-order valence-corrected chi connectivity index (χ0v) is 17.8. The van der Waals surface area contributed by atoms with Crippen LogP contribution in [0.15, 0.2) is 54.9 Å². The highest BCUT2D eigenvalue weighted by molar-refractivity contribution is 5.95. The van der Waals surface area contributed by atoms with Crippen molar-refractivity contribution in [2.45, 2.75) is 12.8 Å². The molecule has 0 saturated carbocycles. The van der Waals surface area contributed by atoms with Crippen molar-refractivity contribution in [3.63, 3.8) is 0 Å². The van der Waals surface area contributed by atoms with Gasteiger partial charge in [0.1, 0.15) is 17.3 Å². The highest BCUT2D eigenvalue weighted by Crippen LogP contribution is 2.35. The van der Waals surface area contributed by atoms with E-state index in [1.165, 1.54) is 24.8 Å². The fourth-order valence-corrected chi connectivity index (χ4v) is 3.29. The van der Waals surface area contributed by atoms with Crippen molar-refractivity contribution < 1.29 is 23.4 Å². The van der Waals surface area contributed by atoms with Crippen LogP contribution in [0.1, 0.15) is 22.3 Å². The molecular weight excluding hydrogens is 399 g/mol. The topological polar surface area (TPSA) is 69.7 Å². The van der Waals surface area contributed by atoms with Gasteiger partial charge in [0.25, 0.3) is 0 Å². The van der Waals surface area contributed by atoms with Gasteiger partial charge in [-0.1, -0.05) is 12.1 Å². The first-order valence-electron chi connectivity index (χ1n) is 9.87. The molecule has 31 heavy (non-hydrogen) atoms. The van der Waals surface area contributed by atoms with Crippen LogP contribution < -0.4 is 14.8 Å². The van der Waals surface area contributed by atoms with Crippen LogP contribution in [0.4, 0.5) is 10.1 Å². The van der Waals surface area contributed by atoms with Gasteiger partial charge in [0.05, 0.1) is 38.3 Å². The monoisotopic (exact) mass is 424 g/mol. The first-order valence-corrected chi connectivity index (χ1v) is 9.87. The Kier molecular flexibility index (Phi) is 7.43. The molecule has 0 aliphatic carbocycles. The molecule has 0 spiro atoms. The average molecular weight is 424 g/mol. The molecule has 162 valence electrons. The van der Waals surface area contributed by atoms with Crippen molar-refractivity contribution in [2.75, 3.05) is 33.2 Å². The minimum Gasteiger partial charge on any atom is -0.496 e. The number of methoxy groups -OCH3 is 2. The number of nitrogens with one attached hydrogen (secondary N) is 1. The Hall–Kier alpha value is -3.61. The third kappa shape index (κ3) is 5.31. The van der Waals surface area contributed by atoms with E-state index >= 15 is 0 Å². The van der Waals surface area contributed by atoms with Gasteiger partial charge in [-0.25, -0.2) is 9.18 Å². The molecule has 0 fully saturated rings. The number of hydrogen-bond acceptors (Lipinski definition) is 6. The molecule has 1 aliphatic rings. The smallest absolute Gasteiger partial charge is 0.340 e. The maximum Gasteiger partial charge on any atom is 0.340 e. The Labute approximate surface area is 181 Å². The summed E-state index contributed by atoms with van der Waals surface area (Å²) in [6.45, 7) is 0.761. The van der Waals surface area contributed by atoms with E-state index in [1.54, 1.807) is 38.7 Å². The van der Waals surface area contributed by atoms with Crippen molar-refractivity contribution in [1.29, 1.82) is 0 Å². The van der Waals surface area contributed by atoms with E-state index in [9.17, 15) is 9.18 Å². The summed E-state index contributed by atoms with van der Waals surface area (Å²) in [4.78, 5) is 15.0. The van der Waals surface area contributed by atoms with Gasteiger partial charge in [-0.3, -0.25) is 4.98 Å². The Morgan fingerprint density at radius 2 is 2.00 bits per heavy atom. The largest absolute Gasteiger partial charge is 0.496 e. The average Bonchev–Trinajstić information content (AvgIpc) is 2.83. The Morgan fingerprint density at radius 1 is 1.16 bits per heavy atom. The van der Waals surface area contributed by atoms with Crippen molar-refractivity contribution in [3.05, 3.63) is 71.8 Å². The predicted octanol–water partition coefficient (Wildman–Crippen LogP) is 4.74. The third-order valence-corrected chi connectivity index (χ3v) is 4.89. The molecule has 1 aromatic heterocycles. The summed E-state index contributed by atoms with van der Waals surface area (Å²) in [6, 6.07) is 12.3. The third-order valence-electron chi connectivity index (χ3n) is 4.89. The highest BCUT2D eigenvalue weighted by Gasteiger charge is 2.13. The van der Waals surface area contributed by atoms with Crippen molar-refractivity contribution in [1.82, 2.24) is 4.98 Å². The maximum absolute atomic E-state index is 13.2. The van der Waals surface area contributed by atoms with E-state index in [0.29, 0.717) is 17.0 Å². The molecule has 2 aromatic carbocycles. The number of halogens is 1. The lowest BCUT2D eigenvalue weighted by Crippen LogP contribution is -2.08. The Bertz CT molecular complexity index is 1060. The number of carbonyl (C=O) groups is 1. The van der Waals surface area contributed by atoms with Crippen LogP contribution in [-0.4, -0.2) is 38.8 Å². The Morgan fingerprint density at radius 3 is 2.74 bits per heavy atom. The molecule has 1 aliphatic heterocycles. The molecule has 2 heterocycles. The quantitative estimate of drug-likeness (QED) is 0.611.